The van der Waals surface area contributed by atoms with Gasteiger partial charge in [0.05, 0.1) is 6.61 Å². The third kappa shape index (κ3) is 2.40. The highest BCUT2D eigenvalue weighted by Gasteiger charge is 2.11. The summed E-state index contributed by atoms with van der Waals surface area (Å²) in [5.41, 5.74) is 0.598. The van der Waals surface area contributed by atoms with Gasteiger partial charge in [-0.1, -0.05) is 18.2 Å². The van der Waals surface area contributed by atoms with Crippen molar-refractivity contribution in [1.29, 1.82) is 0 Å². The number of aliphatic hydroxyl groups excluding tert-OH is 1. The molecule has 0 fully saturated rings. The Morgan fingerprint density at radius 1 is 1.33 bits per heavy atom. The third-order valence-corrected chi connectivity index (χ3v) is 2.88. The first-order valence-corrected chi connectivity index (χ1v) is 5.41. The third-order valence-electron chi connectivity index (χ3n) is 1.87. The van der Waals surface area contributed by atoms with E-state index < -0.39 is 0 Å². The number of nitrogens with zero attached hydrogens (tertiary/aromatic N) is 1. The predicted octanol–water partition coefficient (Wildman–Crippen LogP) is 2.63. The lowest BCUT2D eigenvalue weighted by Crippen LogP contribution is -1.84. The minimum Gasteiger partial charge on any atom is -0.434 e. The van der Waals surface area contributed by atoms with Crippen molar-refractivity contribution in [2.75, 3.05) is 0 Å². The Bertz CT molecular complexity index is 439. The van der Waals surface area contributed by atoms with E-state index in [4.69, 9.17) is 9.52 Å². The average Bonchev–Trinajstić information content (AvgIpc) is 2.60. The Kier molecular flexibility index (Phi) is 3.08. The second-order valence-corrected chi connectivity index (χ2v) is 4.09. The first-order chi connectivity index (χ1) is 7.29. The summed E-state index contributed by atoms with van der Waals surface area (Å²) >= 11 is 1.47. The number of aliphatic hydroxyl groups is 1. The molecule has 0 unspecified atom stereocenters. The molecule has 0 amide bonds. The number of benzene rings is 1. The summed E-state index contributed by atoms with van der Waals surface area (Å²) in [4.78, 5) is 5.16. The molecule has 3 nitrogen and oxygen atoms in total. The van der Waals surface area contributed by atoms with E-state index in [1.165, 1.54) is 11.8 Å². The largest absolute Gasteiger partial charge is 0.434 e. The van der Waals surface area contributed by atoms with Gasteiger partial charge in [0.1, 0.15) is 5.69 Å². The lowest BCUT2D eigenvalue weighted by molar-refractivity contribution is 0.270. The van der Waals surface area contributed by atoms with Crippen LogP contribution < -0.4 is 0 Å². The van der Waals surface area contributed by atoms with Gasteiger partial charge in [0.25, 0.3) is 0 Å². The summed E-state index contributed by atoms with van der Waals surface area (Å²) in [5.74, 6) is 0.581. The zero-order valence-corrected chi connectivity index (χ0v) is 9.12. The fourth-order valence-corrected chi connectivity index (χ4v) is 2.12. The number of hydrogen-bond donors (Lipinski definition) is 1. The number of rotatable bonds is 3. The van der Waals surface area contributed by atoms with Gasteiger partial charge < -0.3 is 9.52 Å². The monoisotopic (exact) mass is 221 g/mol. The van der Waals surface area contributed by atoms with Crippen LogP contribution in [0.4, 0.5) is 0 Å². The molecule has 0 bridgehead atoms. The van der Waals surface area contributed by atoms with Crippen LogP contribution in [-0.2, 0) is 6.61 Å². The topological polar surface area (TPSA) is 46.3 Å². The fraction of sp³-hybridized carbons (Fsp3) is 0.182. The van der Waals surface area contributed by atoms with E-state index in [9.17, 15) is 0 Å². The molecule has 15 heavy (non-hydrogen) atoms. The van der Waals surface area contributed by atoms with E-state index in [1.807, 2.05) is 30.3 Å². The Balaban J connectivity index is 2.24. The van der Waals surface area contributed by atoms with Gasteiger partial charge in [-0.15, -0.1) is 0 Å². The zero-order chi connectivity index (χ0) is 10.7. The highest BCUT2D eigenvalue weighted by atomic mass is 32.2. The van der Waals surface area contributed by atoms with E-state index in [0.29, 0.717) is 16.7 Å². The van der Waals surface area contributed by atoms with Crippen molar-refractivity contribution in [3.8, 4) is 0 Å². The molecular weight excluding hydrogens is 210 g/mol. The molecule has 1 aromatic carbocycles. The SMILES string of the molecule is Cc1nc(CO)c(Sc2ccccc2)o1. The van der Waals surface area contributed by atoms with Gasteiger partial charge in [0.15, 0.2) is 11.0 Å². The van der Waals surface area contributed by atoms with E-state index in [0.717, 1.165) is 4.90 Å². The summed E-state index contributed by atoms with van der Waals surface area (Å²) in [5, 5.41) is 9.74. The molecule has 1 N–H and O–H groups in total. The molecule has 0 saturated heterocycles. The van der Waals surface area contributed by atoms with Crippen molar-refractivity contribution in [3.63, 3.8) is 0 Å². The van der Waals surface area contributed by atoms with E-state index in [1.54, 1.807) is 6.92 Å². The van der Waals surface area contributed by atoms with E-state index >= 15 is 0 Å². The molecule has 1 aromatic heterocycles. The molecular formula is C11H11NO2S. The Hall–Kier alpha value is -1.26. The Morgan fingerprint density at radius 2 is 2.07 bits per heavy atom. The molecule has 1 heterocycles. The molecule has 0 atom stereocenters. The van der Waals surface area contributed by atoms with Crippen LogP contribution in [0.25, 0.3) is 0 Å². The van der Waals surface area contributed by atoms with Crippen LogP contribution >= 0.6 is 11.8 Å². The lowest BCUT2D eigenvalue weighted by Gasteiger charge is -1.97. The molecule has 0 spiro atoms. The van der Waals surface area contributed by atoms with Crippen LogP contribution in [0, 0.1) is 6.92 Å². The number of oxazole rings is 1. The van der Waals surface area contributed by atoms with Crippen molar-refractivity contribution in [2.24, 2.45) is 0 Å². The first-order valence-electron chi connectivity index (χ1n) is 4.59. The molecule has 0 saturated carbocycles. The van der Waals surface area contributed by atoms with Crippen molar-refractivity contribution in [1.82, 2.24) is 4.98 Å². The minimum absolute atomic E-state index is 0.0908. The second kappa shape index (κ2) is 4.51. The minimum atomic E-state index is -0.0908. The number of aryl methyl sites for hydroxylation is 1. The van der Waals surface area contributed by atoms with Gasteiger partial charge in [0, 0.05) is 11.8 Å². The smallest absolute Gasteiger partial charge is 0.192 e. The molecule has 0 aliphatic heterocycles. The van der Waals surface area contributed by atoms with Gasteiger partial charge in [-0.05, 0) is 23.9 Å². The molecule has 0 radical (unpaired) electrons. The zero-order valence-electron chi connectivity index (χ0n) is 8.30. The van der Waals surface area contributed by atoms with Crippen LogP contribution in [-0.4, -0.2) is 10.1 Å². The maximum atomic E-state index is 9.07. The van der Waals surface area contributed by atoms with Crippen molar-refractivity contribution < 1.29 is 9.52 Å². The number of hydrogen-bond acceptors (Lipinski definition) is 4. The van der Waals surface area contributed by atoms with Gasteiger partial charge in [-0.25, -0.2) is 4.98 Å². The maximum absolute atomic E-state index is 9.07. The quantitative estimate of drug-likeness (QED) is 0.865. The molecule has 2 rings (SSSR count). The van der Waals surface area contributed by atoms with Crippen LogP contribution in [0.15, 0.2) is 44.7 Å². The summed E-state index contributed by atoms with van der Waals surface area (Å²) in [6.45, 7) is 1.68. The van der Waals surface area contributed by atoms with Crippen LogP contribution in [0.5, 0.6) is 0 Å². The number of aromatic nitrogens is 1. The second-order valence-electron chi connectivity index (χ2n) is 3.04. The Labute approximate surface area is 92.1 Å². The van der Waals surface area contributed by atoms with Gasteiger partial charge >= 0.3 is 0 Å². The van der Waals surface area contributed by atoms with Crippen LogP contribution in [0.2, 0.25) is 0 Å². The highest BCUT2D eigenvalue weighted by molar-refractivity contribution is 7.99. The molecule has 4 heteroatoms. The standard InChI is InChI=1S/C11H11NO2S/c1-8-12-10(7-13)11(14-8)15-9-5-3-2-4-6-9/h2-6,13H,7H2,1H3. The molecule has 2 aromatic rings. The normalized spacial score (nSPS) is 10.5. The molecule has 78 valence electrons. The Morgan fingerprint density at radius 3 is 2.73 bits per heavy atom. The van der Waals surface area contributed by atoms with Crippen molar-refractivity contribution >= 4 is 11.8 Å². The van der Waals surface area contributed by atoms with E-state index in [2.05, 4.69) is 4.98 Å². The average molecular weight is 221 g/mol. The highest BCUT2D eigenvalue weighted by Crippen LogP contribution is 2.30. The van der Waals surface area contributed by atoms with Crippen LogP contribution in [0.3, 0.4) is 0 Å². The van der Waals surface area contributed by atoms with Gasteiger partial charge in [0.2, 0.25) is 0 Å². The molecule has 0 aliphatic rings. The molecule has 0 aliphatic carbocycles. The van der Waals surface area contributed by atoms with Crippen LogP contribution in [0.1, 0.15) is 11.6 Å². The maximum Gasteiger partial charge on any atom is 0.192 e. The van der Waals surface area contributed by atoms with Crippen molar-refractivity contribution in [3.05, 3.63) is 41.9 Å². The van der Waals surface area contributed by atoms with E-state index in [-0.39, 0.29) is 6.61 Å². The van der Waals surface area contributed by atoms with Crippen molar-refractivity contribution in [2.45, 2.75) is 23.5 Å². The van der Waals surface area contributed by atoms with Gasteiger partial charge in [-0.3, -0.25) is 0 Å². The summed E-state index contributed by atoms with van der Waals surface area (Å²) in [6.07, 6.45) is 0. The predicted molar refractivity (Wildman–Crippen MR) is 57.7 cm³/mol. The summed E-state index contributed by atoms with van der Waals surface area (Å²) in [7, 11) is 0. The summed E-state index contributed by atoms with van der Waals surface area (Å²) < 4.78 is 5.40. The first kappa shape index (κ1) is 10.3. The summed E-state index contributed by atoms with van der Waals surface area (Å²) in [6, 6.07) is 9.87. The van der Waals surface area contributed by atoms with Gasteiger partial charge in [-0.2, -0.15) is 0 Å². The fourth-order valence-electron chi connectivity index (χ4n) is 1.23. The lowest BCUT2D eigenvalue weighted by atomic mass is 10.4.